The fourth-order valence-electron chi connectivity index (χ4n) is 17.0. The van der Waals surface area contributed by atoms with Crippen LogP contribution in [-0.4, -0.2) is 24.1 Å². The van der Waals surface area contributed by atoms with Crippen molar-refractivity contribution < 1.29 is 0 Å². The lowest BCUT2D eigenvalue weighted by atomic mass is 9.88. The van der Waals surface area contributed by atoms with Crippen LogP contribution in [0.5, 0.6) is 0 Å². The zero-order valence-electron chi connectivity index (χ0n) is 59.3. The van der Waals surface area contributed by atoms with Crippen LogP contribution >= 0.6 is 0 Å². The predicted octanol–water partition coefficient (Wildman–Crippen LogP) is 26.6. The van der Waals surface area contributed by atoms with Crippen LogP contribution in [0.1, 0.15) is 11.1 Å². The van der Waals surface area contributed by atoms with Gasteiger partial charge in [-0.2, -0.15) is 10.5 Å². The number of hydrogen-bond acceptors (Lipinski definition) is 5. The average Bonchev–Trinajstić information content (AvgIpc) is 1.15. The summed E-state index contributed by atoms with van der Waals surface area (Å²) in [7, 11) is 0. The summed E-state index contributed by atoms with van der Waals surface area (Å²) in [5.41, 5.74) is 25.5. The van der Waals surface area contributed by atoms with Crippen molar-refractivity contribution in [3.05, 3.63) is 382 Å². The number of fused-ring (bicyclic) bond motifs is 6. The normalized spacial score (nSPS) is 11.6. The SMILES string of the molecule is N#Cc1ccc2c(c1)c1cc(-c3ccc(-c4cc5ccc6cc(-c7ccccc7)cc7ccc(c4)c5c67)nc3)ccc1n2-c1ccccc1.N#Cc1ccc2c(c1)c1cc(-c3cccc(-c4cc5ccc6cc(-c7cc(-c8ccccn8)cc(-c8ccccn8)c7)cc7ccc(c4)c5c67)c3)ccc1n2-c1ccccc1. The number of pyridine rings is 3. The van der Waals surface area contributed by atoms with Gasteiger partial charge in [-0.15, -0.1) is 0 Å². The standard InChI is InChI=1S/C57H34N4.C46H27N3/c58-35-36-15-21-54-50(25-36)51-34-39(20-22-55(51)61(54)49-11-2-1-3-12-49)37-9-8-10-38(26-37)44-27-40-16-18-42-29-45(30-43-19-17-41(28-44)56(40)57(42)43)46-31-47(52-13-4-6-23-59-52)33-48(32-46)53-14-5-7-24-60-53;47-27-29-11-19-43-40(21-29)41-26-31(17-20-44(41)49(43)39-9-5-2-6-10-39)36-16-18-42(48-28-36)38-24-34-14-12-32-22-37(30-7-3-1-4-8-30)23-33-13-15-35(25-38)46(34)45(32)33/h1-34H;1-26,28H. The van der Waals surface area contributed by atoms with Gasteiger partial charge >= 0.3 is 0 Å². The molecule has 7 nitrogen and oxygen atoms in total. The van der Waals surface area contributed by atoms with Crippen LogP contribution in [-0.2, 0) is 0 Å². The molecule has 0 saturated heterocycles. The molecule has 0 atom stereocenters. The lowest BCUT2D eigenvalue weighted by Crippen LogP contribution is -1.93. The predicted molar refractivity (Wildman–Crippen MR) is 455 cm³/mol. The Labute approximate surface area is 633 Å². The average molecular weight is 1400 g/mol. The third-order valence-electron chi connectivity index (χ3n) is 22.1. The van der Waals surface area contributed by atoms with E-state index in [2.05, 4.69) is 322 Å². The molecule has 0 saturated carbocycles. The Hall–Kier alpha value is -15.2. The molecule has 22 aromatic rings. The molecule has 0 fully saturated rings. The fourth-order valence-corrected chi connectivity index (χ4v) is 17.0. The third-order valence-corrected chi connectivity index (χ3v) is 22.1. The van der Waals surface area contributed by atoms with E-state index >= 15 is 0 Å². The van der Waals surface area contributed by atoms with Crippen molar-refractivity contribution in [3.63, 3.8) is 0 Å². The third kappa shape index (κ3) is 10.8. The van der Waals surface area contributed by atoms with Crippen LogP contribution in [0.25, 0.3) is 209 Å². The molecule has 0 spiro atoms. The first-order valence-corrected chi connectivity index (χ1v) is 37.0. The van der Waals surface area contributed by atoms with Gasteiger partial charge < -0.3 is 9.13 Å². The Bertz CT molecular complexity index is 7310. The van der Waals surface area contributed by atoms with E-state index in [4.69, 9.17) is 4.98 Å². The number of nitrogens with zero attached hydrogens (tertiary/aromatic N) is 7. The zero-order chi connectivity index (χ0) is 72.9. The van der Waals surface area contributed by atoms with Gasteiger partial charge in [0, 0.05) is 73.8 Å². The van der Waals surface area contributed by atoms with Crippen molar-refractivity contribution in [1.82, 2.24) is 24.1 Å². The van der Waals surface area contributed by atoms with Crippen LogP contribution in [0.3, 0.4) is 0 Å². The summed E-state index contributed by atoms with van der Waals surface area (Å²) in [6.45, 7) is 0. The van der Waals surface area contributed by atoms with Crippen molar-refractivity contribution in [2.45, 2.75) is 0 Å². The van der Waals surface area contributed by atoms with E-state index in [1.807, 2.05) is 79.3 Å². The van der Waals surface area contributed by atoms with Gasteiger partial charge in [-0.1, -0.05) is 164 Å². The molecule has 7 heteroatoms. The lowest BCUT2D eigenvalue weighted by molar-refractivity contribution is 1.18. The van der Waals surface area contributed by atoms with Crippen LogP contribution in [0.15, 0.2) is 370 Å². The second-order valence-electron chi connectivity index (χ2n) is 28.6. The molecule has 5 heterocycles. The molecule has 0 aliphatic carbocycles. The molecular weight excluding hydrogens is 1340 g/mol. The van der Waals surface area contributed by atoms with Crippen molar-refractivity contribution >= 4 is 108 Å². The lowest BCUT2D eigenvalue weighted by Gasteiger charge is -2.16. The Kier molecular flexibility index (Phi) is 14.9. The van der Waals surface area contributed by atoms with Gasteiger partial charge in [0.2, 0.25) is 0 Å². The maximum Gasteiger partial charge on any atom is 0.0991 e. The minimum absolute atomic E-state index is 0.654. The van der Waals surface area contributed by atoms with E-state index in [-0.39, 0.29) is 0 Å². The van der Waals surface area contributed by atoms with Crippen LogP contribution < -0.4 is 0 Å². The van der Waals surface area contributed by atoms with Gasteiger partial charge in [-0.25, -0.2) is 0 Å². The largest absolute Gasteiger partial charge is 0.309 e. The van der Waals surface area contributed by atoms with Crippen LogP contribution in [0.4, 0.5) is 0 Å². The van der Waals surface area contributed by atoms with E-state index in [9.17, 15) is 10.5 Å². The minimum Gasteiger partial charge on any atom is -0.309 e. The fraction of sp³-hybridized carbons (Fsp3) is 0. The molecule has 508 valence electrons. The monoisotopic (exact) mass is 1400 g/mol. The van der Waals surface area contributed by atoms with E-state index < -0.39 is 0 Å². The summed E-state index contributed by atoms with van der Waals surface area (Å²) in [6, 6.07) is 130. The minimum atomic E-state index is 0.654. The molecule has 110 heavy (non-hydrogen) atoms. The number of para-hydroxylation sites is 2. The van der Waals surface area contributed by atoms with Gasteiger partial charge in [0.15, 0.2) is 0 Å². The molecule has 0 unspecified atom stereocenters. The van der Waals surface area contributed by atoms with Gasteiger partial charge in [-0.05, 0) is 303 Å². The topological polar surface area (TPSA) is 96.1 Å². The van der Waals surface area contributed by atoms with Crippen molar-refractivity contribution in [2.75, 3.05) is 0 Å². The molecule has 0 radical (unpaired) electrons. The van der Waals surface area contributed by atoms with Gasteiger partial charge in [-0.3, -0.25) is 15.0 Å². The Morgan fingerprint density at radius 1 is 0.209 bits per heavy atom. The number of benzene rings is 17. The van der Waals surface area contributed by atoms with E-state index in [0.717, 1.165) is 122 Å². The summed E-state index contributed by atoms with van der Waals surface area (Å²) in [5, 5.41) is 38.9. The Balaban J connectivity index is 0.000000143. The van der Waals surface area contributed by atoms with E-state index in [0.29, 0.717) is 11.1 Å². The second kappa shape index (κ2) is 25.9. The van der Waals surface area contributed by atoms with E-state index in [1.165, 1.54) is 86.9 Å². The number of rotatable bonds is 10. The smallest absolute Gasteiger partial charge is 0.0991 e. The quantitative estimate of drug-likeness (QED) is 0.127. The molecule has 5 aromatic heterocycles. The second-order valence-corrected chi connectivity index (χ2v) is 28.6. The molecule has 0 amide bonds. The molecule has 0 N–H and O–H groups in total. The van der Waals surface area contributed by atoms with Crippen molar-refractivity contribution in [1.29, 1.82) is 10.5 Å². The summed E-state index contributed by atoms with van der Waals surface area (Å²) in [5.74, 6) is 0. The first-order valence-electron chi connectivity index (χ1n) is 37.0. The first-order chi connectivity index (χ1) is 54.4. The first kappa shape index (κ1) is 63.3. The maximum atomic E-state index is 9.80. The molecule has 17 aromatic carbocycles. The van der Waals surface area contributed by atoms with Gasteiger partial charge in [0.25, 0.3) is 0 Å². The summed E-state index contributed by atoms with van der Waals surface area (Å²) >= 11 is 0. The number of aromatic nitrogens is 5. The Morgan fingerprint density at radius 3 is 0.936 bits per heavy atom. The maximum absolute atomic E-state index is 9.80. The summed E-state index contributed by atoms with van der Waals surface area (Å²) in [4.78, 5) is 14.4. The number of nitriles is 2. The molecule has 0 bridgehead atoms. The molecule has 22 rings (SSSR count). The van der Waals surface area contributed by atoms with Crippen molar-refractivity contribution in [3.8, 4) is 113 Å². The zero-order valence-corrected chi connectivity index (χ0v) is 59.3. The highest BCUT2D eigenvalue weighted by atomic mass is 15.0. The highest BCUT2D eigenvalue weighted by Gasteiger charge is 2.21. The van der Waals surface area contributed by atoms with Crippen molar-refractivity contribution in [2.24, 2.45) is 0 Å². The molecular formula is C103H61N7. The molecule has 0 aliphatic rings. The van der Waals surface area contributed by atoms with Gasteiger partial charge in [0.1, 0.15) is 0 Å². The Morgan fingerprint density at radius 2 is 0.518 bits per heavy atom. The summed E-state index contributed by atoms with van der Waals surface area (Å²) in [6.07, 6.45) is 5.67. The van der Waals surface area contributed by atoms with Crippen LogP contribution in [0.2, 0.25) is 0 Å². The van der Waals surface area contributed by atoms with E-state index in [1.54, 1.807) is 0 Å². The van der Waals surface area contributed by atoms with Gasteiger partial charge in [0.05, 0.1) is 62.4 Å². The molecule has 0 aliphatic heterocycles. The highest BCUT2D eigenvalue weighted by molar-refractivity contribution is 6.26. The highest BCUT2D eigenvalue weighted by Crippen LogP contribution is 2.45. The van der Waals surface area contributed by atoms with Crippen LogP contribution in [0, 0.1) is 22.7 Å². The number of hydrogen-bond donors (Lipinski definition) is 0. The summed E-state index contributed by atoms with van der Waals surface area (Å²) < 4.78 is 4.56.